The van der Waals surface area contributed by atoms with Crippen molar-refractivity contribution < 1.29 is 9.59 Å². The number of carbonyl (C=O) groups excluding carboxylic acids is 2. The molecule has 5 nitrogen and oxygen atoms in total. The average Bonchev–Trinajstić information content (AvgIpc) is 2.67. The number of halogens is 1. The van der Waals surface area contributed by atoms with Crippen molar-refractivity contribution >= 4 is 23.4 Å². The summed E-state index contributed by atoms with van der Waals surface area (Å²) in [4.78, 5) is 30.6. The van der Waals surface area contributed by atoms with E-state index in [1.54, 1.807) is 11.1 Å². The van der Waals surface area contributed by atoms with Crippen molar-refractivity contribution in [3.63, 3.8) is 0 Å². The van der Waals surface area contributed by atoms with Crippen LogP contribution in [0.5, 0.6) is 0 Å². The summed E-state index contributed by atoms with van der Waals surface area (Å²) in [6, 6.07) is 13.2. The van der Waals surface area contributed by atoms with Crippen LogP contribution >= 0.6 is 11.6 Å². The first-order valence-corrected chi connectivity index (χ1v) is 9.19. The average molecular weight is 372 g/mol. The molecule has 3 rings (SSSR count). The second-order valence-electron chi connectivity index (χ2n) is 6.49. The van der Waals surface area contributed by atoms with Gasteiger partial charge in [-0.05, 0) is 42.7 Å². The third-order valence-electron chi connectivity index (χ3n) is 4.62. The molecule has 2 aromatic rings. The molecular weight excluding hydrogens is 350 g/mol. The number of carbonyl (C=O) groups is 2. The Kier molecular flexibility index (Phi) is 6.23. The van der Waals surface area contributed by atoms with Gasteiger partial charge in [0.2, 0.25) is 11.8 Å². The van der Waals surface area contributed by atoms with E-state index in [1.165, 1.54) is 0 Å². The van der Waals surface area contributed by atoms with Gasteiger partial charge in [0.15, 0.2) is 0 Å². The topological polar surface area (TPSA) is 62.3 Å². The molecule has 0 bridgehead atoms. The number of hydrogen-bond donors (Lipinski definition) is 1. The highest BCUT2D eigenvalue weighted by atomic mass is 35.5. The molecule has 1 atom stereocenters. The van der Waals surface area contributed by atoms with Gasteiger partial charge in [0.25, 0.3) is 0 Å². The first-order chi connectivity index (χ1) is 12.6. The number of rotatable bonds is 6. The Bertz CT molecular complexity index is 749. The molecule has 2 amide bonds. The molecule has 0 radical (unpaired) electrons. The lowest BCUT2D eigenvalue weighted by molar-refractivity contribution is -0.138. The maximum Gasteiger partial charge on any atom is 0.225 e. The van der Waals surface area contributed by atoms with E-state index in [2.05, 4.69) is 10.3 Å². The first-order valence-electron chi connectivity index (χ1n) is 8.81. The molecular formula is C20H22ClN3O2. The molecule has 6 heteroatoms. The number of piperidine rings is 1. The van der Waals surface area contributed by atoms with Gasteiger partial charge in [0, 0.05) is 30.7 Å². The van der Waals surface area contributed by atoms with E-state index in [0.717, 1.165) is 17.7 Å². The lowest BCUT2D eigenvalue weighted by atomic mass is 9.96. The van der Waals surface area contributed by atoms with Gasteiger partial charge in [-0.2, -0.15) is 0 Å². The number of likely N-dealkylation sites (tertiary alicyclic amines) is 1. The summed E-state index contributed by atoms with van der Waals surface area (Å²) in [6.07, 6.45) is 3.48. The minimum atomic E-state index is -0.165. The number of aromatic nitrogens is 1. The zero-order valence-corrected chi connectivity index (χ0v) is 15.3. The number of benzene rings is 1. The van der Waals surface area contributed by atoms with E-state index < -0.39 is 0 Å². The van der Waals surface area contributed by atoms with E-state index in [4.69, 9.17) is 11.6 Å². The first kappa shape index (κ1) is 18.4. The highest BCUT2D eigenvalue weighted by molar-refractivity contribution is 6.30. The summed E-state index contributed by atoms with van der Waals surface area (Å²) in [5.74, 6) is -0.0611. The van der Waals surface area contributed by atoms with Crippen LogP contribution in [0, 0.1) is 5.92 Å². The molecule has 1 aromatic carbocycles. The van der Waals surface area contributed by atoms with Crippen molar-refractivity contribution in [3.8, 4) is 0 Å². The smallest absolute Gasteiger partial charge is 0.225 e. The van der Waals surface area contributed by atoms with E-state index in [0.29, 0.717) is 37.5 Å². The molecule has 0 spiro atoms. The van der Waals surface area contributed by atoms with Gasteiger partial charge in [-0.15, -0.1) is 0 Å². The van der Waals surface area contributed by atoms with Crippen molar-refractivity contribution in [2.45, 2.75) is 25.8 Å². The molecule has 136 valence electrons. The van der Waals surface area contributed by atoms with Crippen molar-refractivity contribution in [1.29, 1.82) is 0 Å². The predicted molar refractivity (Wildman–Crippen MR) is 101 cm³/mol. The quantitative estimate of drug-likeness (QED) is 0.849. The van der Waals surface area contributed by atoms with Gasteiger partial charge in [-0.3, -0.25) is 14.6 Å². The summed E-state index contributed by atoms with van der Waals surface area (Å²) in [7, 11) is 0. The Morgan fingerprint density at radius 3 is 2.77 bits per heavy atom. The second-order valence-corrected chi connectivity index (χ2v) is 6.93. The number of nitrogens with one attached hydrogen (secondary N) is 1. The van der Waals surface area contributed by atoms with E-state index >= 15 is 0 Å². The van der Waals surface area contributed by atoms with Crippen molar-refractivity contribution in [1.82, 2.24) is 15.2 Å². The minimum absolute atomic E-state index is 0.0142. The van der Waals surface area contributed by atoms with Gasteiger partial charge in [-0.25, -0.2) is 0 Å². The Balaban J connectivity index is 1.51. The third kappa shape index (κ3) is 5.05. The second kappa shape index (κ2) is 8.81. The van der Waals surface area contributed by atoms with Crippen LogP contribution in [0.4, 0.5) is 0 Å². The van der Waals surface area contributed by atoms with Crippen LogP contribution < -0.4 is 5.32 Å². The van der Waals surface area contributed by atoms with Crippen LogP contribution in [0.2, 0.25) is 5.02 Å². The Labute approximate surface area is 158 Å². The maximum atomic E-state index is 12.4. The zero-order valence-electron chi connectivity index (χ0n) is 14.5. The SMILES string of the molecule is O=C(NCc1ccccn1)C1CCC(=O)N(CCc2ccc(Cl)cc2)C1. The number of pyridine rings is 1. The van der Waals surface area contributed by atoms with Gasteiger partial charge >= 0.3 is 0 Å². The maximum absolute atomic E-state index is 12.4. The predicted octanol–water partition coefficient (Wildman–Crippen LogP) is 2.83. The highest BCUT2D eigenvalue weighted by Gasteiger charge is 2.29. The van der Waals surface area contributed by atoms with Gasteiger partial charge < -0.3 is 10.2 Å². The van der Waals surface area contributed by atoms with Crippen molar-refractivity contribution in [2.24, 2.45) is 5.92 Å². The van der Waals surface area contributed by atoms with Crippen LogP contribution in [-0.2, 0) is 22.6 Å². The number of hydrogen-bond acceptors (Lipinski definition) is 3. The summed E-state index contributed by atoms with van der Waals surface area (Å²) in [5, 5.41) is 3.63. The van der Waals surface area contributed by atoms with Crippen LogP contribution in [0.3, 0.4) is 0 Å². The Hall–Kier alpha value is -2.40. The standard InChI is InChI=1S/C20H22ClN3O2/c21-17-7-4-15(5-8-17)10-12-24-14-16(6-9-19(24)25)20(26)23-13-18-3-1-2-11-22-18/h1-5,7-8,11,16H,6,9-10,12-14H2,(H,23,26). The molecule has 1 N–H and O–H groups in total. The number of nitrogens with zero attached hydrogens (tertiary/aromatic N) is 2. The van der Waals surface area contributed by atoms with E-state index in [1.807, 2.05) is 42.5 Å². The normalized spacial score (nSPS) is 17.2. The van der Waals surface area contributed by atoms with Crippen LogP contribution in [0.25, 0.3) is 0 Å². The molecule has 1 fully saturated rings. The van der Waals surface area contributed by atoms with Crippen molar-refractivity contribution in [3.05, 3.63) is 64.9 Å². The summed E-state index contributed by atoms with van der Waals surface area (Å²) >= 11 is 5.90. The zero-order chi connectivity index (χ0) is 18.4. The molecule has 1 aliphatic rings. The monoisotopic (exact) mass is 371 g/mol. The van der Waals surface area contributed by atoms with Crippen LogP contribution in [0.1, 0.15) is 24.1 Å². The Morgan fingerprint density at radius 2 is 2.04 bits per heavy atom. The molecule has 1 unspecified atom stereocenters. The molecule has 1 aromatic heterocycles. The lowest BCUT2D eigenvalue weighted by Gasteiger charge is -2.32. The van der Waals surface area contributed by atoms with Gasteiger partial charge in [0.1, 0.15) is 0 Å². The molecule has 0 aliphatic carbocycles. The minimum Gasteiger partial charge on any atom is -0.350 e. The third-order valence-corrected chi connectivity index (χ3v) is 4.88. The van der Waals surface area contributed by atoms with Crippen molar-refractivity contribution in [2.75, 3.05) is 13.1 Å². The van der Waals surface area contributed by atoms with Crippen LogP contribution in [0.15, 0.2) is 48.7 Å². The summed E-state index contributed by atoms with van der Waals surface area (Å²) in [5.41, 5.74) is 1.95. The van der Waals surface area contributed by atoms with Crippen LogP contribution in [-0.4, -0.2) is 34.8 Å². The van der Waals surface area contributed by atoms with E-state index in [9.17, 15) is 9.59 Å². The molecule has 26 heavy (non-hydrogen) atoms. The fourth-order valence-electron chi connectivity index (χ4n) is 3.08. The van der Waals surface area contributed by atoms with Gasteiger partial charge in [0.05, 0.1) is 18.2 Å². The molecule has 1 saturated heterocycles. The summed E-state index contributed by atoms with van der Waals surface area (Å²) < 4.78 is 0. The molecule has 0 saturated carbocycles. The highest BCUT2D eigenvalue weighted by Crippen LogP contribution is 2.19. The lowest BCUT2D eigenvalue weighted by Crippen LogP contribution is -2.46. The molecule has 1 aliphatic heterocycles. The van der Waals surface area contributed by atoms with Gasteiger partial charge in [-0.1, -0.05) is 29.8 Å². The number of amides is 2. The summed E-state index contributed by atoms with van der Waals surface area (Å²) in [6.45, 7) is 1.50. The molecule has 2 heterocycles. The fourth-order valence-corrected chi connectivity index (χ4v) is 3.21. The largest absolute Gasteiger partial charge is 0.350 e. The fraction of sp³-hybridized carbons (Fsp3) is 0.350. The Morgan fingerprint density at radius 1 is 1.23 bits per heavy atom. The van der Waals surface area contributed by atoms with E-state index in [-0.39, 0.29) is 17.7 Å².